The smallest absolute Gasteiger partial charge is 0.187 e. The monoisotopic (exact) mass is 309 g/mol. The van der Waals surface area contributed by atoms with Crippen molar-refractivity contribution in [1.29, 1.82) is 0 Å². The molecule has 1 aromatic heterocycles. The number of benzene rings is 2. The van der Waals surface area contributed by atoms with Crippen LogP contribution in [0.15, 0.2) is 48.5 Å². The maximum atomic E-state index is 5.72. The van der Waals surface area contributed by atoms with Crippen molar-refractivity contribution in [2.24, 2.45) is 0 Å². The van der Waals surface area contributed by atoms with Crippen molar-refractivity contribution in [3.8, 4) is 22.8 Å². The Balaban J connectivity index is 1.82. The average Bonchev–Trinajstić information content (AvgIpc) is 3.06. The first-order valence-corrected chi connectivity index (χ1v) is 7.65. The van der Waals surface area contributed by atoms with Crippen LogP contribution in [0, 0.1) is 0 Å². The number of aromatic nitrogens is 4. The van der Waals surface area contributed by atoms with E-state index in [0.29, 0.717) is 11.5 Å². The molecule has 2 N–H and O–H groups in total. The summed E-state index contributed by atoms with van der Waals surface area (Å²) in [4.78, 5) is 0. The highest BCUT2D eigenvalue weighted by Crippen LogP contribution is 2.22. The van der Waals surface area contributed by atoms with Crippen LogP contribution in [0.3, 0.4) is 0 Å². The molecule has 0 radical (unpaired) electrons. The van der Waals surface area contributed by atoms with Crippen LogP contribution in [0.4, 0.5) is 5.69 Å². The van der Waals surface area contributed by atoms with Crippen LogP contribution >= 0.6 is 0 Å². The molecule has 0 unspecified atom stereocenters. The van der Waals surface area contributed by atoms with E-state index in [4.69, 9.17) is 10.5 Å². The molecule has 3 aromatic rings. The Morgan fingerprint density at radius 3 is 2.48 bits per heavy atom. The molecule has 0 saturated heterocycles. The van der Waals surface area contributed by atoms with Crippen LogP contribution in [0.25, 0.3) is 17.1 Å². The molecule has 3 rings (SSSR count). The van der Waals surface area contributed by atoms with Gasteiger partial charge in [-0.1, -0.05) is 13.3 Å². The molecular formula is C17H19N5O. The van der Waals surface area contributed by atoms with E-state index in [1.54, 1.807) is 4.68 Å². The van der Waals surface area contributed by atoms with Crippen LogP contribution in [0.1, 0.15) is 19.8 Å². The van der Waals surface area contributed by atoms with Gasteiger partial charge in [-0.2, -0.15) is 4.68 Å². The molecule has 0 saturated carbocycles. The maximum absolute atomic E-state index is 5.72. The van der Waals surface area contributed by atoms with Crippen molar-refractivity contribution in [2.45, 2.75) is 19.8 Å². The van der Waals surface area contributed by atoms with Crippen molar-refractivity contribution >= 4 is 5.69 Å². The number of ether oxygens (including phenoxy) is 1. The van der Waals surface area contributed by atoms with Gasteiger partial charge in [0.1, 0.15) is 5.75 Å². The first kappa shape index (κ1) is 15.0. The number of hydrogen-bond donors (Lipinski definition) is 1. The molecule has 0 bridgehead atoms. The number of nitrogen functional groups attached to an aromatic ring is 1. The number of tetrazole rings is 1. The third kappa shape index (κ3) is 3.48. The summed E-state index contributed by atoms with van der Waals surface area (Å²) in [5, 5.41) is 12.0. The molecule has 0 fully saturated rings. The zero-order valence-corrected chi connectivity index (χ0v) is 13.0. The zero-order chi connectivity index (χ0) is 16.1. The first-order chi connectivity index (χ1) is 11.3. The second-order valence-electron chi connectivity index (χ2n) is 5.23. The zero-order valence-electron chi connectivity index (χ0n) is 13.0. The standard InChI is InChI=1S/C17H19N5O/c1-2-3-12-23-16-10-8-15(9-11-16)22-17(19-20-21-22)13-4-6-14(18)7-5-13/h4-11H,2-3,12,18H2,1H3. The van der Waals surface area contributed by atoms with Gasteiger partial charge in [-0.15, -0.1) is 5.10 Å². The van der Waals surface area contributed by atoms with Gasteiger partial charge in [-0.25, -0.2) is 0 Å². The van der Waals surface area contributed by atoms with E-state index in [1.807, 2.05) is 48.5 Å². The van der Waals surface area contributed by atoms with Crippen molar-refractivity contribution in [3.63, 3.8) is 0 Å². The number of unbranched alkanes of at least 4 members (excludes halogenated alkanes) is 1. The first-order valence-electron chi connectivity index (χ1n) is 7.65. The lowest BCUT2D eigenvalue weighted by molar-refractivity contribution is 0.309. The van der Waals surface area contributed by atoms with E-state index >= 15 is 0 Å². The largest absolute Gasteiger partial charge is 0.494 e. The summed E-state index contributed by atoms with van der Waals surface area (Å²) in [7, 11) is 0. The predicted molar refractivity (Wildman–Crippen MR) is 89.4 cm³/mol. The van der Waals surface area contributed by atoms with Gasteiger partial charge >= 0.3 is 0 Å². The number of nitrogens with zero attached hydrogens (tertiary/aromatic N) is 4. The minimum absolute atomic E-state index is 0.671. The fourth-order valence-electron chi connectivity index (χ4n) is 2.19. The van der Waals surface area contributed by atoms with Crippen molar-refractivity contribution in [3.05, 3.63) is 48.5 Å². The number of rotatable bonds is 6. The molecule has 0 spiro atoms. The Morgan fingerprint density at radius 1 is 1.04 bits per heavy atom. The van der Waals surface area contributed by atoms with Gasteiger partial charge in [0.15, 0.2) is 5.82 Å². The summed E-state index contributed by atoms with van der Waals surface area (Å²) in [5.41, 5.74) is 8.22. The van der Waals surface area contributed by atoms with Crippen molar-refractivity contribution in [2.75, 3.05) is 12.3 Å². The van der Waals surface area contributed by atoms with Gasteiger partial charge < -0.3 is 10.5 Å². The quantitative estimate of drug-likeness (QED) is 0.559. The van der Waals surface area contributed by atoms with E-state index in [2.05, 4.69) is 22.4 Å². The molecule has 0 aliphatic rings. The molecule has 118 valence electrons. The van der Waals surface area contributed by atoms with Crippen molar-refractivity contribution in [1.82, 2.24) is 20.2 Å². The molecule has 23 heavy (non-hydrogen) atoms. The summed E-state index contributed by atoms with van der Waals surface area (Å²) in [6.45, 7) is 2.88. The van der Waals surface area contributed by atoms with E-state index in [9.17, 15) is 0 Å². The highest BCUT2D eigenvalue weighted by atomic mass is 16.5. The summed E-state index contributed by atoms with van der Waals surface area (Å²) >= 11 is 0. The third-order valence-electron chi connectivity index (χ3n) is 3.49. The van der Waals surface area contributed by atoms with Crippen LogP contribution in [0.2, 0.25) is 0 Å². The van der Waals surface area contributed by atoms with Crippen LogP contribution in [-0.2, 0) is 0 Å². The molecule has 6 nitrogen and oxygen atoms in total. The van der Waals surface area contributed by atoms with Gasteiger partial charge in [0, 0.05) is 11.3 Å². The summed E-state index contributed by atoms with van der Waals surface area (Å²) in [6, 6.07) is 15.2. The average molecular weight is 309 g/mol. The minimum Gasteiger partial charge on any atom is -0.494 e. The lowest BCUT2D eigenvalue weighted by atomic mass is 10.2. The second-order valence-corrected chi connectivity index (χ2v) is 5.23. The number of hydrogen-bond acceptors (Lipinski definition) is 5. The van der Waals surface area contributed by atoms with Gasteiger partial charge in [-0.05, 0) is 65.4 Å². The van der Waals surface area contributed by atoms with Gasteiger partial charge in [0.05, 0.1) is 12.3 Å². The molecule has 0 aliphatic carbocycles. The molecule has 0 atom stereocenters. The number of anilines is 1. The molecule has 1 heterocycles. The number of nitrogens with two attached hydrogens (primary N) is 1. The van der Waals surface area contributed by atoms with Crippen LogP contribution in [-0.4, -0.2) is 26.8 Å². The molecule has 2 aromatic carbocycles. The van der Waals surface area contributed by atoms with Gasteiger partial charge in [-0.3, -0.25) is 0 Å². The maximum Gasteiger partial charge on any atom is 0.187 e. The second kappa shape index (κ2) is 6.91. The SMILES string of the molecule is CCCCOc1ccc(-n2nnnc2-c2ccc(N)cc2)cc1. The van der Waals surface area contributed by atoms with E-state index in [0.717, 1.165) is 36.4 Å². The summed E-state index contributed by atoms with van der Waals surface area (Å²) < 4.78 is 7.37. The Hall–Kier alpha value is -2.89. The molecule has 0 aliphatic heterocycles. The third-order valence-corrected chi connectivity index (χ3v) is 3.49. The molecule has 6 heteroatoms. The Labute approximate surface area is 134 Å². The summed E-state index contributed by atoms with van der Waals surface area (Å²) in [5.74, 6) is 1.52. The Morgan fingerprint density at radius 2 is 1.78 bits per heavy atom. The van der Waals surface area contributed by atoms with Gasteiger partial charge in [0.2, 0.25) is 0 Å². The normalized spacial score (nSPS) is 10.7. The molecular weight excluding hydrogens is 290 g/mol. The van der Waals surface area contributed by atoms with E-state index in [-0.39, 0.29) is 0 Å². The molecule has 0 amide bonds. The van der Waals surface area contributed by atoms with Crippen LogP contribution in [0.5, 0.6) is 5.75 Å². The fraction of sp³-hybridized carbons (Fsp3) is 0.235. The van der Waals surface area contributed by atoms with E-state index < -0.39 is 0 Å². The summed E-state index contributed by atoms with van der Waals surface area (Å²) in [6.07, 6.45) is 2.17. The predicted octanol–water partition coefficient (Wildman–Crippen LogP) is 3.09. The fourth-order valence-corrected chi connectivity index (χ4v) is 2.19. The Bertz CT molecular complexity index is 749. The highest BCUT2D eigenvalue weighted by Gasteiger charge is 2.10. The minimum atomic E-state index is 0.671. The topological polar surface area (TPSA) is 78.8 Å². The van der Waals surface area contributed by atoms with Crippen LogP contribution < -0.4 is 10.5 Å². The van der Waals surface area contributed by atoms with E-state index in [1.165, 1.54) is 0 Å². The van der Waals surface area contributed by atoms with Gasteiger partial charge in [0.25, 0.3) is 0 Å². The lowest BCUT2D eigenvalue weighted by Gasteiger charge is -2.08. The Kier molecular flexibility index (Phi) is 4.52. The lowest BCUT2D eigenvalue weighted by Crippen LogP contribution is -2.01. The van der Waals surface area contributed by atoms with Crippen molar-refractivity contribution < 1.29 is 4.74 Å². The highest BCUT2D eigenvalue weighted by molar-refractivity contribution is 5.60.